The summed E-state index contributed by atoms with van der Waals surface area (Å²) in [5.74, 6) is 1.50. The van der Waals surface area contributed by atoms with Gasteiger partial charge in [0.05, 0.1) is 34.6 Å². The maximum atomic E-state index is 13.7. The topological polar surface area (TPSA) is 93.8 Å². The van der Waals surface area contributed by atoms with E-state index in [9.17, 15) is 9.59 Å². The summed E-state index contributed by atoms with van der Waals surface area (Å²) in [6, 6.07) is 36.7. The van der Waals surface area contributed by atoms with Crippen LogP contribution in [0, 0.1) is 25.7 Å². The third kappa shape index (κ3) is 9.87. The number of hydrogen-bond donors (Lipinski definition) is 2. The van der Waals surface area contributed by atoms with Gasteiger partial charge in [-0.25, -0.2) is 9.36 Å². The molecule has 8 nitrogen and oxygen atoms in total. The van der Waals surface area contributed by atoms with Gasteiger partial charge in [0, 0.05) is 18.6 Å². The van der Waals surface area contributed by atoms with Gasteiger partial charge < -0.3 is 10.6 Å². The average Bonchev–Trinajstić information content (AvgIpc) is 3.73. The summed E-state index contributed by atoms with van der Waals surface area (Å²) in [5, 5.41) is 16.0. The zero-order valence-corrected chi connectivity index (χ0v) is 33.4. The highest BCUT2D eigenvalue weighted by atomic mass is 16.2. The van der Waals surface area contributed by atoms with Crippen molar-refractivity contribution in [1.29, 1.82) is 0 Å². The monoisotopic (exact) mass is 734 g/mol. The molecule has 6 aromatic rings. The van der Waals surface area contributed by atoms with Gasteiger partial charge >= 0.3 is 0 Å². The zero-order valence-electron chi connectivity index (χ0n) is 33.4. The van der Waals surface area contributed by atoms with Gasteiger partial charge in [0.1, 0.15) is 11.6 Å². The lowest BCUT2D eigenvalue weighted by Crippen LogP contribution is -2.20. The van der Waals surface area contributed by atoms with Crippen LogP contribution in [0.3, 0.4) is 0 Å². The maximum Gasteiger partial charge on any atom is 0.232 e. The fourth-order valence-electron chi connectivity index (χ4n) is 6.88. The normalized spacial score (nSPS) is 12.5. The Hall–Kier alpha value is -5.76. The van der Waals surface area contributed by atoms with E-state index in [-0.39, 0.29) is 23.7 Å². The number of carbonyl (C=O) groups is 2. The van der Waals surface area contributed by atoms with E-state index in [0.29, 0.717) is 29.9 Å². The summed E-state index contributed by atoms with van der Waals surface area (Å²) in [5.41, 5.74) is 9.93. The van der Waals surface area contributed by atoms with Gasteiger partial charge in [0.15, 0.2) is 0 Å². The van der Waals surface area contributed by atoms with Gasteiger partial charge in [0.25, 0.3) is 0 Å². The molecule has 8 heteroatoms. The van der Waals surface area contributed by atoms with Gasteiger partial charge in [0.2, 0.25) is 11.8 Å². The Bertz CT molecular complexity index is 2230. The lowest BCUT2D eigenvalue weighted by Gasteiger charge is -2.15. The predicted octanol–water partition coefficient (Wildman–Crippen LogP) is 10.1. The average molecular weight is 735 g/mol. The molecule has 0 saturated carbocycles. The van der Waals surface area contributed by atoms with Crippen LogP contribution < -0.4 is 10.6 Å². The summed E-state index contributed by atoms with van der Waals surface area (Å²) in [6.07, 6.45) is 2.54. The van der Waals surface area contributed by atoms with Crippen molar-refractivity contribution in [2.24, 2.45) is 11.8 Å². The summed E-state index contributed by atoms with van der Waals surface area (Å²) < 4.78 is 3.58. The van der Waals surface area contributed by atoms with Crippen LogP contribution in [0.2, 0.25) is 0 Å². The van der Waals surface area contributed by atoms with Crippen molar-refractivity contribution < 1.29 is 9.59 Å². The van der Waals surface area contributed by atoms with Crippen LogP contribution in [-0.2, 0) is 28.9 Å². The first kappa shape index (κ1) is 38.9. The van der Waals surface area contributed by atoms with E-state index in [4.69, 9.17) is 10.2 Å². The highest BCUT2D eigenvalue weighted by Crippen LogP contribution is 2.26. The second-order valence-electron chi connectivity index (χ2n) is 15.8. The summed E-state index contributed by atoms with van der Waals surface area (Å²) in [4.78, 5) is 27.2. The van der Waals surface area contributed by atoms with E-state index in [2.05, 4.69) is 99.0 Å². The number of anilines is 2. The second kappa shape index (κ2) is 17.1. The molecule has 0 radical (unpaired) electrons. The van der Waals surface area contributed by atoms with Crippen LogP contribution in [0.25, 0.3) is 11.4 Å². The molecule has 284 valence electrons. The summed E-state index contributed by atoms with van der Waals surface area (Å²) in [6.45, 7) is 16.7. The SMILES string of the molecule is Cc1ccc(-n2nc(Cc3cccc(-n4nc(C)cc4NC(=O)C(C)c4ccc(CC(C)C)cc4)c3)cc2NC(=O)C(C)c2ccc(CC(C)C)cc2)cc1. The zero-order chi connectivity index (χ0) is 39.2. The molecule has 4 aromatic carbocycles. The number of aromatic nitrogens is 4. The predicted molar refractivity (Wildman–Crippen MR) is 223 cm³/mol. The third-order valence-corrected chi connectivity index (χ3v) is 9.95. The van der Waals surface area contributed by atoms with Gasteiger partial charge in [-0.15, -0.1) is 0 Å². The summed E-state index contributed by atoms with van der Waals surface area (Å²) >= 11 is 0. The van der Waals surface area contributed by atoms with Crippen molar-refractivity contribution in [3.8, 4) is 11.4 Å². The quantitative estimate of drug-likeness (QED) is 0.117. The smallest absolute Gasteiger partial charge is 0.232 e. The number of carbonyl (C=O) groups excluding carboxylic acids is 2. The number of nitrogens with one attached hydrogen (secondary N) is 2. The Balaban J connectivity index is 1.21. The Morgan fingerprint density at radius 2 is 1.07 bits per heavy atom. The van der Waals surface area contributed by atoms with Crippen molar-refractivity contribution in [3.05, 3.63) is 154 Å². The van der Waals surface area contributed by atoms with E-state index in [1.54, 1.807) is 9.36 Å². The number of nitrogens with zero attached hydrogens (tertiary/aromatic N) is 4. The van der Waals surface area contributed by atoms with Crippen molar-refractivity contribution in [2.75, 3.05) is 10.6 Å². The molecule has 2 N–H and O–H groups in total. The highest BCUT2D eigenvalue weighted by Gasteiger charge is 2.21. The molecule has 0 bridgehead atoms. The molecule has 6 rings (SSSR count). The molecule has 0 fully saturated rings. The fraction of sp³-hybridized carbons (Fsp3) is 0.319. The van der Waals surface area contributed by atoms with Crippen molar-refractivity contribution in [1.82, 2.24) is 19.6 Å². The first-order valence-corrected chi connectivity index (χ1v) is 19.4. The van der Waals surface area contributed by atoms with E-state index in [0.717, 1.165) is 57.9 Å². The minimum atomic E-state index is -0.347. The molecule has 2 unspecified atom stereocenters. The highest BCUT2D eigenvalue weighted by molar-refractivity contribution is 5.96. The molecule has 2 aromatic heterocycles. The molecular formula is C47H54N6O2. The number of rotatable bonds is 14. The van der Waals surface area contributed by atoms with Crippen molar-refractivity contribution >= 4 is 23.5 Å². The van der Waals surface area contributed by atoms with E-state index >= 15 is 0 Å². The van der Waals surface area contributed by atoms with E-state index in [1.165, 1.54) is 11.1 Å². The van der Waals surface area contributed by atoms with Gasteiger partial charge in [-0.2, -0.15) is 10.2 Å². The van der Waals surface area contributed by atoms with Crippen molar-refractivity contribution in [3.63, 3.8) is 0 Å². The van der Waals surface area contributed by atoms with Crippen LogP contribution in [-0.4, -0.2) is 31.4 Å². The standard InChI is InChI=1S/C47H54N6O2/c1-30(2)24-36-14-18-39(19-15-36)34(7)46(54)48-44-26-33(6)50-53(44)43-11-9-10-38(28-43)27-41-29-45(52(51-41)42-22-12-32(5)13-23-42)49-47(55)35(8)40-20-16-37(17-21-40)25-31(3)4/h9-23,26,28-31,34-35H,24-25,27H2,1-8H3,(H,48,54)(H,49,55). The molecule has 0 spiro atoms. The van der Waals surface area contributed by atoms with Crippen LogP contribution >= 0.6 is 0 Å². The van der Waals surface area contributed by atoms with E-state index < -0.39 is 0 Å². The van der Waals surface area contributed by atoms with Crippen LogP contribution in [0.4, 0.5) is 11.6 Å². The minimum Gasteiger partial charge on any atom is -0.310 e. The lowest BCUT2D eigenvalue weighted by atomic mass is 9.96. The molecule has 55 heavy (non-hydrogen) atoms. The Labute approximate surface area is 326 Å². The number of benzene rings is 4. The second-order valence-corrected chi connectivity index (χ2v) is 15.8. The number of hydrogen-bond acceptors (Lipinski definition) is 4. The molecule has 0 aliphatic rings. The first-order chi connectivity index (χ1) is 26.3. The first-order valence-electron chi connectivity index (χ1n) is 19.4. The molecular weight excluding hydrogens is 681 g/mol. The lowest BCUT2D eigenvalue weighted by molar-refractivity contribution is -0.118. The Kier molecular flexibility index (Phi) is 12.1. The third-order valence-electron chi connectivity index (χ3n) is 9.95. The summed E-state index contributed by atoms with van der Waals surface area (Å²) in [7, 11) is 0. The van der Waals surface area contributed by atoms with Gasteiger partial charge in [-0.05, 0) is 104 Å². The molecule has 0 aliphatic carbocycles. The van der Waals surface area contributed by atoms with Crippen LogP contribution in [0.5, 0.6) is 0 Å². The molecule has 2 atom stereocenters. The minimum absolute atomic E-state index is 0.0948. The Morgan fingerprint density at radius 1 is 0.564 bits per heavy atom. The van der Waals surface area contributed by atoms with Gasteiger partial charge in [-0.3, -0.25) is 9.59 Å². The molecule has 2 heterocycles. The number of amides is 2. The van der Waals surface area contributed by atoms with Gasteiger partial charge in [-0.1, -0.05) is 106 Å². The Morgan fingerprint density at radius 3 is 1.60 bits per heavy atom. The fourth-order valence-corrected chi connectivity index (χ4v) is 6.88. The van der Waals surface area contributed by atoms with E-state index in [1.807, 2.05) is 76.2 Å². The van der Waals surface area contributed by atoms with Crippen molar-refractivity contribution in [2.45, 2.75) is 86.5 Å². The maximum absolute atomic E-state index is 13.7. The van der Waals surface area contributed by atoms with Crippen LogP contribution in [0.1, 0.15) is 98.1 Å². The molecule has 0 aliphatic heterocycles. The molecule has 0 saturated heterocycles. The largest absolute Gasteiger partial charge is 0.310 e. The molecule has 2 amide bonds. The van der Waals surface area contributed by atoms with Crippen LogP contribution in [0.15, 0.2) is 109 Å². The number of aryl methyl sites for hydroxylation is 2.